The Morgan fingerprint density at radius 1 is 1.04 bits per heavy atom. The molecule has 4 heterocycles. The van der Waals surface area contributed by atoms with Gasteiger partial charge in [-0.15, -0.1) is 10.2 Å². The molecule has 0 unspecified atom stereocenters. The van der Waals surface area contributed by atoms with Gasteiger partial charge in [0.15, 0.2) is 5.65 Å². The van der Waals surface area contributed by atoms with E-state index in [1.807, 2.05) is 47.9 Å². The lowest BCUT2D eigenvalue weighted by Gasteiger charge is -2.05. The summed E-state index contributed by atoms with van der Waals surface area (Å²) in [6.07, 6.45) is 5.45. The van der Waals surface area contributed by atoms with E-state index in [2.05, 4.69) is 41.1 Å². The van der Waals surface area contributed by atoms with E-state index in [0.29, 0.717) is 5.82 Å². The van der Waals surface area contributed by atoms with Crippen LogP contribution in [0.2, 0.25) is 0 Å². The van der Waals surface area contributed by atoms with Gasteiger partial charge in [0.2, 0.25) is 5.16 Å². The fourth-order valence-electron chi connectivity index (χ4n) is 2.27. The maximum atomic E-state index is 4.51. The number of halogens is 1. The Labute approximate surface area is 150 Å². The van der Waals surface area contributed by atoms with Crippen molar-refractivity contribution in [2.24, 2.45) is 0 Å². The number of nitrogens with zero attached hydrogens (tertiary/aromatic N) is 6. The predicted octanol–water partition coefficient (Wildman–Crippen LogP) is 3.80. The molecule has 0 aliphatic rings. The maximum Gasteiger partial charge on any atom is 0.201 e. The molecule has 4 rings (SSSR count). The van der Waals surface area contributed by atoms with Gasteiger partial charge in [0.05, 0.1) is 5.69 Å². The van der Waals surface area contributed by atoms with Gasteiger partial charge in [0.25, 0.3) is 0 Å². The van der Waals surface area contributed by atoms with E-state index in [9.17, 15) is 0 Å². The molecule has 0 fully saturated rings. The molecule has 0 atom stereocenters. The zero-order valence-corrected chi connectivity index (χ0v) is 15.0. The van der Waals surface area contributed by atoms with E-state index in [4.69, 9.17) is 0 Å². The monoisotopic (exact) mass is 398 g/mol. The smallest absolute Gasteiger partial charge is 0.201 e. The Morgan fingerprint density at radius 3 is 2.71 bits per heavy atom. The second-order valence-corrected chi connectivity index (χ2v) is 6.94. The summed E-state index contributed by atoms with van der Waals surface area (Å²) in [5, 5.41) is 10.0. The molecule has 8 heteroatoms. The number of fused-ring (bicyclic) bond motifs is 1. The summed E-state index contributed by atoms with van der Waals surface area (Å²) in [5.41, 5.74) is 2.66. The van der Waals surface area contributed by atoms with Crippen LogP contribution in [0.4, 0.5) is 0 Å². The molecule has 0 aromatic carbocycles. The van der Waals surface area contributed by atoms with Gasteiger partial charge in [-0.1, -0.05) is 0 Å². The second kappa shape index (κ2) is 6.29. The standard InChI is InChI=1S/C16H11BrN6S/c1-10-19-13(11-4-6-18-7-5-11)8-15(20-10)24-16-22-21-14-3-2-12(17)9-23(14)16/h2-9H,1H3. The van der Waals surface area contributed by atoms with Gasteiger partial charge < -0.3 is 0 Å². The average Bonchev–Trinajstić information content (AvgIpc) is 2.97. The highest BCUT2D eigenvalue weighted by atomic mass is 79.9. The highest BCUT2D eigenvalue weighted by molar-refractivity contribution is 9.10. The van der Waals surface area contributed by atoms with Crippen molar-refractivity contribution < 1.29 is 0 Å². The molecule has 0 saturated heterocycles. The van der Waals surface area contributed by atoms with Crippen molar-refractivity contribution in [3.05, 3.63) is 59.2 Å². The average molecular weight is 399 g/mol. The number of hydrogen-bond donors (Lipinski definition) is 0. The maximum absolute atomic E-state index is 4.51. The summed E-state index contributed by atoms with van der Waals surface area (Å²) >= 11 is 4.93. The summed E-state index contributed by atoms with van der Waals surface area (Å²) in [4.78, 5) is 13.1. The van der Waals surface area contributed by atoms with Crippen molar-refractivity contribution in [2.45, 2.75) is 17.1 Å². The summed E-state index contributed by atoms with van der Waals surface area (Å²) in [6, 6.07) is 9.66. The number of aryl methyl sites for hydroxylation is 1. The number of hydrogen-bond acceptors (Lipinski definition) is 6. The number of rotatable bonds is 3. The summed E-state index contributed by atoms with van der Waals surface area (Å²) in [6.45, 7) is 1.88. The Bertz CT molecular complexity index is 1020. The summed E-state index contributed by atoms with van der Waals surface area (Å²) < 4.78 is 2.89. The van der Waals surface area contributed by atoms with Crippen LogP contribution in [0.25, 0.3) is 16.9 Å². The topological polar surface area (TPSA) is 68.9 Å². The van der Waals surface area contributed by atoms with Gasteiger partial charge in [-0.3, -0.25) is 9.38 Å². The van der Waals surface area contributed by atoms with Gasteiger partial charge in [0.1, 0.15) is 10.9 Å². The van der Waals surface area contributed by atoms with E-state index in [-0.39, 0.29) is 0 Å². The third-order valence-corrected chi connectivity index (χ3v) is 4.67. The third-order valence-electron chi connectivity index (χ3n) is 3.32. The molecule has 4 aromatic heterocycles. The molecule has 0 radical (unpaired) electrons. The third kappa shape index (κ3) is 3.02. The number of pyridine rings is 2. The van der Waals surface area contributed by atoms with E-state index in [0.717, 1.165) is 31.6 Å². The van der Waals surface area contributed by atoms with Gasteiger partial charge in [0, 0.05) is 28.6 Å². The van der Waals surface area contributed by atoms with Crippen molar-refractivity contribution in [3.8, 4) is 11.3 Å². The Hall–Kier alpha value is -2.32. The number of aromatic nitrogens is 6. The van der Waals surface area contributed by atoms with Crippen LogP contribution in [-0.2, 0) is 0 Å². The molecule has 0 amide bonds. The molecule has 24 heavy (non-hydrogen) atoms. The summed E-state index contributed by atoms with van der Waals surface area (Å²) in [5.74, 6) is 0.710. The van der Waals surface area contributed by atoms with Crippen LogP contribution in [0.3, 0.4) is 0 Å². The van der Waals surface area contributed by atoms with E-state index < -0.39 is 0 Å². The van der Waals surface area contributed by atoms with Crippen molar-refractivity contribution in [3.63, 3.8) is 0 Å². The van der Waals surface area contributed by atoms with Gasteiger partial charge >= 0.3 is 0 Å². The van der Waals surface area contributed by atoms with Crippen LogP contribution in [0, 0.1) is 6.92 Å². The molecular weight excluding hydrogens is 388 g/mol. The van der Waals surface area contributed by atoms with Crippen LogP contribution >= 0.6 is 27.7 Å². The highest BCUT2D eigenvalue weighted by Gasteiger charge is 2.11. The minimum Gasteiger partial charge on any atom is -0.276 e. The SMILES string of the molecule is Cc1nc(Sc2nnc3ccc(Br)cn23)cc(-c2ccncc2)n1. The van der Waals surface area contributed by atoms with E-state index >= 15 is 0 Å². The summed E-state index contributed by atoms with van der Waals surface area (Å²) in [7, 11) is 0. The van der Waals surface area contributed by atoms with Crippen molar-refractivity contribution >= 4 is 33.3 Å². The zero-order chi connectivity index (χ0) is 16.5. The Kier molecular flexibility index (Phi) is 3.99. The van der Waals surface area contributed by atoms with E-state index in [1.165, 1.54) is 11.8 Å². The van der Waals surface area contributed by atoms with Crippen molar-refractivity contribution in [2.75, 3.05) is 0 Å². The van der Waals surface area contributed by atoms with E-state index in [1.54, 1.807) is 12.4 Å². The minimum atomic E-state index is 0.710. The molecule has 0 aliphatic heterocycles. The second-order valence-electron chi connectivity index (χ2n) is 5.03. The first kappa shape index (κ1) is 15.2. The fraction of sp³-hybridized carbons (Fsp3) is 0.0625. The van der Waals surface area contributed by atoms with Crippen molar-refractivity contribution in [1.29, 1.82) is 0 Å². The molecule has 0 N–H and O–H groups in total. The van der Waals surface area contributed by atoms with Crippen LogP contribution in [0.15, 0.2) is 63.6 Å². The van der Waals surface area contributed by atoms with Crippen LogP contribution < -0.4 is 0 Å². The molecule has 4 aromatic rings. The lowest BCUT2D eigenvalue weighted by molar-refractivity contribution is 0.907. The molecule has 0 saturated carbocycles. The quantitative estimate of drug-likeness (QED) is 0.488. The minimum absolute atomic E-state index is 0.710. The largest absolute Gasteiger partial charge is 0.276 e. The fourth-order valence-corrected chi connectivity index (χ4v) is 3.47. The molecular formula is C16H11BrN6S. The lowest BCUT2D eigenvalue weighted by atomic mass is 10.2. The first-order valence-electron chi connectivity index (χ1n) is 7.13. The highest BCUT2D eigenvalue weighted by Crippen LogP contribution is 2.28. The first-order chi connectivity index (χ1) is 11.7. The van der Waals surface area contributed by atoms with Crippen LogP contribution in [0.1, 0.15) is 5.82 Å². The Balaban J connectivity index is 1.74. The van der Waals surface area contributed by atoms with Crippen LogP contribution in [-0.4, -0.2) is 29.5 Å². The first-order valence-corrected chi connectivity index (χ1v) is 8.74. The normalized spacial score (nSPS) is 11.1. The molecule has 0 bridgehead atoms. The van der Waals surface area contributed by atoms with Crippen molar-refractivity contribution in [1.82, 2.24) is 29.5 Å². The predicted molar refractivity (Wildman–Crippen MR) is 94.8 cm³/mol. The molecule has 0 spiro atoms. The Morgan fingerprint density at radius 2 is 1.88 bits per heavy atom. The molecule has 6 nitrogen and oxygen atoms in total. The lowest BCUT2D eigenvalue weighted by Crippen LogP contribution is -1.95. The molecule has 0 aliphatic carbocycles. The molecule has 118 valence electrons. The van der Waals surface area contributed by atoms with Gasteiger partial charge in [-0.05, 0) is 64.9 Å². The van der Waals surface area contributed by atoms with Gasteiger partial charge in [-0.2, -0.15) is 0 Å². The zero-order valence-electron chi connectivity index (χ0n) is 12.6. The van der Waals surface area contributed by atoms with Crippen LogP contribution in [0.5, 0.6) is 0 Å². The van der Waals surface area contributed by atoms with Gasteiger partial charge in [-0.25, -0.2) is 9.97 Å².